The standard InChI is InChI=1S/C28H23FN2O4S/c1-36(34,35)24-5-3-2-4-21(24)27(19-11-12-19)26(18-9-6-17(7-10-18)8-15-25(32)33)20-13-14-23-22(16-20)28(29)31-30-23/h2-10,13-16,19H,11-12H2,1H3,(H,30,31)(H,32,33). The number of allylic oxidation sites excluding steroid dienone is 1. The number of aromatic nitrogens is 2. The quantitative estimate of drug-likeness (QED) is 0.254. The van der Waals surface area contributed by atoms with Crippen LogP contribution in [0, 0.1) is 11.9 Å². The van der Waals surface area contributed by atoms with Crippen molar-refractivity contribution in [3.63, 3.8) is 0 Å². The predicted molar refractivity (Wildman–Crippen MR) is 137 cm³/mol. The number of nitrogens with zero attached hydrogens (tertiary/aromatic N) is 1. The molecule has 0 atom stereocenters. The molecule has 182 valence electrons. The first-order valence-electron chi connectivity index (χ1n) is 11.4. The van der Waals surface area contributed by atoms with Gasteiger partial charge in [0.05, 0.1) is 15.8 Å². The zero-order valence-corrected chi connectivity index (χ0v) is 20.2. The van der Waals surface area contributed by atoms with Crippen LogP contribution in [-0.2, 0) is 14.6 Å². The Kier molecular flexibility index (Phi) is 6.05. The Labute approximate surface area is 207 Å². The molecule has 5 rings (SSSR count). The van der Waals surface area contributed by atoms with Gasteiger partial charge < -0.3 is 5.11 Å². The summed E-state index contributed by atoms with van der Waals surface area (Å²) < 4.78 is 39.9. The van der Waals surface area contributed by atoms with Crippen molar-refractivity contribution in [2.75, 3.05) is 6.26 Å². The number of benzene rings is 3. The van der Waals surface area contributed by atoms with Crippen molar-refractivity contribution < 1.29 is 22.7 Å². The van der Waals surface area contributed by atoms with Crippen LogP contribution < -0.4 is 0 Å². The van der Waals surface area contributed by atoms with E-state index in [0.717, 1.165) is 41.2 Å². The first-order chi connectivity index (χ1) is 17.2. The molecule has 0 saturated heterocycles. The molecule has 36 heavy (non-hydrogen) atoms. The van der Waals surface area contributed by atoms with Gasteiger partial charge >= 0.3 is 5.97 Å². The number of nitrogens with one attached hydrogen (secondary N) is 1. The van der Waals surface area contributed by atoms with E-state index < -0.39 is 21.8 Å². The highest BCUT2D eigenvalue weighted by molar-refractivity contribution is 7.90. The number of carbonyl (C=O) groups is 1. The Morgan fingerprint density at radius 1 is 1.06 bits per heavy atom. The van der Waals surface area contributed by atoms with Gasteiger partial charge in [-0.1, -0.05) is 48.5 Å². The third-order valence-corrected chi connectivity index (χ3v) is 7.40. The van der Waals surface area contributed by atoms with Crippen LogP contribution in [0.4, 0.5) is 4.39 Å². The zero-order valence-electron chi connectivity index (χ0n) is 19.4. The van der Waals surface area contributed by atoms with Crippen LogP contribution in [0.3, 0.4) is 0 Å². The van der Waals surface area contributed by atoms with E-state index in [1.54, 1.807) is 36.4 Å². The molecule has 1 heterocycles. The summed E-state index contributed by atoms with van der Waals surface area (Å²) in [5, 5.41) is 15.6. The van der Waals surface area contributed by atoms with Gasteiger partial charge in [0.2, 0.25) is 5.95 Å². The number of aromatic amines is 1. The van der Waals surface area contributed by atoms with Crippen LogP contribution in [0.15, 0.2) is 77.7 Å². The molecule has 2 N–H and O–H groups in total. The summed E-state index contributed by atoms with van der Waals surface area (Å²) in [5.74, 6) is -1.42. The number of carboxylic acids is 1. The SMILES string of the molecule is CS(=O)(=O)c1ccccc1C(=C(c1ccc(C=CC(=O)O)cc1)c1ccc2n[nH]c(F)c2c1)C1CC1. The van der Waals surface area contributed by atoms with E-state index in [2.05, 4.69) is 10.2 Å². The van der Waals surface area contributed by atoms with Gasteiger partial charge in [0.1, 0.15) is 0 Å². The molecule has 3 aromatic carbocycles. The van der Waals surface area contributed by atoms with Crippen molar-refractivity contribution in [2.24, 2.45) is 5.92 Å². The molecule has 1 aliphatic carbocycles. The minimum Gasteiger partial charge on any atom is -0.478 e. The zero-order chi connectivity index (χ0) is 25.4. The molecule has 0 amide bonds. The van der Waals surface area contributed by atoms with Gasteiger partial charge in [-0.05, 0) is 76.4 Å². The fourth-order valence-electron chi connectivity index (χ4n) is 4.48. The van der Waals surface area contributed by atoms with Gasteiger partial charge in [-0.15, -0.1) is 0 Å². The largest absolute Gasteiger partial charge is 0.478 e. The summed E-state index contributed by atoms with van der Waals surface area (Å²) in [6, 6.07) is 19.7. The summed E-state index contributed by atoms with van der Waals surface area (Å²) in [4.78, 5) is 11.2. The molecular weight excluding hydrogens is 479 g/mol. The summed E-state index contributed by atoms with van der Waals surface area (Å²) in [7, 11) is -3.51. The third-order valence-electron chi connectivity index (χ3n) is 6.25. The molecule has 4 aromatic rings. The molecule has 0 aliphatic heterocycles. The summed E-state index contributed by atoms with van der Waals surface area (Å²) in [6.07, 6.45) is 5.60. The van der Waals surface area contributed by atoms with Crippen LogP contribution in [0.5, 0.6) is 0 Å². The van der Waals surface area contributed by atoms with Gasteiger partial charge in [-0.25, -0.2) is 13.2 Å². The number of halogens is 1. The highest BCUT2D eigenvalue weighted by Crippen LogP contribution is 2.49. The van der Waals surface area contributed by atoms with Crippen molar-refractivity contribution in [3.05, 3.63) is 101 Å². The van der Waals surface area contributed by atoms with Crippen molar-refractivity contribution in [3.8, 4) is 0 Å². The molecule has 0 radical (unpaired) electrons. The number of carboxylic acid groups (broad SMARTS) is 1. The molecule has 0 spiro atoms. The number of aliphatic carboxylic acids is 1. The van der Waals surface area contributed by atoms with E-state index in [4.69, 9.17) is 5.11 Å². The molecule has 8 heteroatoms. The smallest absolute Gasteiger partial charge is 0.328 e. The van der Waals surface area contributed by atoms with E-state index in [-0.39, 0.29) is 10.8 Å². The minimum absolute atomic E-state index is 0.152. The van der Waals surface area contributed by atoms with Crippen LogP contribution >= 0.6 is 0 Å². The van der Waals surface area contributed by atoms with Crippen molar-refractivity contribution in [1.29, 1.82) is 0 Å². The first kappa shape index (κ1) is 23.7. The summed E-state index contributed by atoms with van der Waals surface area (Å²) in [5.41, 5.74) is 5.10. The lowest BCUT2D eigenvalue weighted by Crippen LogP contribution is -2.05. The topological polar surface area (TPSA) is 100 Å². The molecule has 6 nitrogen and oxygen atoms in total. The molecule has 0 unspecified atom stereocenters. The Morgan fingerprint density at radius 3 is 2.42 bits per heavy atom. The average Bonchev–Trinajstić information content (AvgIpc) is 3.63. The monoisotopic (exact) mass is 502 g/mol. The molecular formula is C28H23FN2O4S. The third kappa shape index (κ3) is 4.72. The Hall–Kier alpha value is -4.04. The Bertz CT molecular complexity index is 1650. The van der Waals surface area contributed by atoms with Gasteiger partial charge in [0.15, 0.2) is 9.84 Å². The number of rotatable bonds is 7. The summed E-state index contributed by atoms with van der Waals surface area (Å²) in [6.45, 7) is 0. The van der Waals surface area contributed by atoms with Crippen molar-refractivity contribution >= 4 is 43.9 Å². The lowest BCUT2D eigenvalue weighted by atomic mass is 9.86. The van der Waals surface area contributed by atoms with E-state index >= 15 is 0 Å². The van der Waals surface area contributed by atoms with E-state index in [1.807, 2.05) is 30.3 Å². The maximum absolute atomic E-state index is 14.4. The maximum Gasteiger partial charge on any atom is 0.328 e. The lowest BCUT2D eigenvalue weighted by molar-refractivity contribution is -0.131. The summed E-state index contributed by atoms with van der Waals surface area (Å²) >= 11 is 0. The number of H-pyrrole nitrogens is 1. The van der Waals surface area contributed by atoms with Crippen LogP contribution in [0.2, 0.25) is 0 Å². The van der Waals surface area contributed by atoms with Crippen LogP contribution in [-0.4, -0.2) is 35.9 Å². The molecule has 1 aromatic heterocycles. The average molecular weight is 503 g/mol. The predicted octanol–water partition coefficient (Wildman–Crippen LogP) is 5.57. The van der Waals surface area contributed by atoms with E-state index in [0.29, 0.717) is 22.0 Å². The normalized spacial score (nSPS) is 14.8. The van der Waals surface area contributed by atoms with Crippen LogP contribution in [0.1, 0.15) is 35.1 Å². The number of sulfone groups is 1. The minimum atomic E-state index is -3.51. The number of fused-ring (bicyclic) bond motifs is 1. The van der Waals surface area contributed by atoms with Gasteiger partial charge in [-0.3, -0.25) is 5.10 Å². The van der Waals surface area contributed by atoms with Gasteiger partial charge in [0.25, 0.3) is 0 Å². The van der Waals surface area contributed by atoms with Crippen LogP contribution in [0.25, 0.3) is 28.1 Å². The number of hydrogen-bond acceptors (Lipinski definition) is 4. The Morgan fingerprint density at radius 2 is 1.75 bits per heavy atom. The van der Waals surface area contributed by atoms with E-state index in [1.165, 1.54) is 12.3 Å². The van der Waals surface area contributed by atoms with Crippen molar-refractivity contribution in [1.82, 2.24) is 10.2 Å². The second kappa shape index (κ2) is 9.20. The molecule has 1 saturated carbocycles. The van der Waals surface area contributed by atoms with E-state index in [9.17, 15) is 17.6 Å². The Balaban J connectivity index is 1.80. The fraction of sp³-hybridized carbons (Fsp3) is 0.143. The fourth-order valence-corrected chi connectivity index (χ4v) is 5.39. The molecule has 0 bridgehead atoms. The van der Waals surface area contributed by atoms with Gasteiger partial charge in [0, 0.05) is 12.3 Å². The highest BCUT2D eigenvalue weighted by atomic mass is 32.2. The van der Waals surface area contributed by atoms with Gasteiger partial charge in [-0.2, -0.15) is 9.49 Å². The second-order valence-corrected chi connectivity index (χ2v) is 10.9. The number of hydrogen-bond donors (Lipinski definition) is 2. The second-order valence-electron chi connectivity index (χ2n) is 8.89. The lowest BCUT2D eigenvalue weighted by Gasteiger charge is -2.19. The molecule has 1 fully saturated rings. The highest BCUT2D eigenvalue weighted by Gasteiger charge is 2.33. The maximum atomic E-state index is 14.4. The molecule has 1 aliphatic rings. The van der Waals surface area contributed by atoms with Crippen molar-refractivity contribution in [2.45, 2.75) is 17.7 Å². The first-order valence-corrected chi connectivity index (χ1v) is 13.3.